The van der Waals surface area contributed by atoms with Gasteiger partial charge in [-0.15, -0.1) is 0 Å². The van der Waals surface area contributed by atoms with Gasteiger partial charge < -0.3 is 4.74 Å². The van der Waals surface area contributed by atoms with Crippen molar-refractivity contribution >= 4 is 28.6 Å². The molecule has 1 aromatic rings. The van der Waals surface area contributed by atoms with Gasteiger partial charge in [-0.1, -0.05) is 12.1 Å². The van der Waals surface area contributed by atoms with Crippen LogP contribution in [0, 0.1) is 23.3 Å². The first-order chi connectivity index (χ1) is 8.04. The second-order valence-corrected chi connectivity index (χ2v) is 5.89. The summed E-state index contributed by atoms with van der Waals surface area (Å²) < 4.78 is 6.22. The number of esters is 1. The van der Waals surface area contributed by atoms with Gasteiger partial charge in [0.05, 0.1) is 13.0 Å². The summed E-state index contributed by atoms with van der Waals surface area (Å²) in [7, 11) is 1.48. The van der Waals surface area contributed by atoms with Gasteiger partial charge in [-0.05, 0) is 71.9 Å². The number of benzene rings is 1. The molecule has 1 aliphatic rings. The van der Waals surface area contributed by atoms with E-state index in [2.05, 4.69) is 48.6 Å². The van der Waals surface area contributed by atoms with Crippen LogP contribution in [-0.2, 0) is 9.53 Å². The molecule has 2 rings (SSSR count). The molecule has 1 aromatic carbocycles. The van der Waals surface area contributed by atoms with Crippen molar-refractivity contribution in [3.8, 4) is 0 Å². The van der Waals surface area contributed by atoms with Crippen molar-refractivity contribution in [3.63, 3.8) is 0 Å². The lowest BCUT2D eigenvalue weighted by Crippen LogP contribution is -2.16. The van der Waals surface area contributed by atoms with Crippen molar-refractivity contribution in [2.75, 3.05) is 7.11 Å². The molecule has 0 amide bonds. The summed E-state index contributed by atoms with van der Waals surface area (Å²) >= 11 is 2.35. The first kappa shape index (κ1) is 12.9. The van der Waals surface area contributed by atoms with Crippen LogP contribution < -0.4 is 0 Å². The van der Waals surface area contributed by atoms with Crippen LogP contribution in [0.5, 0.6) is 0 Å². The van der Waals surface area contributed by atoms with Crippen molar-refractivity contribution in [2.24, 2.45) is 5.92 Å². The van der Waals surface area contributed by atoms with Gasteiger partial charge >= 0.3 is 5.97 Å². The predicted molar refractivity (Wildman–Crippen MR) is 76.1 cm³/mol. The molecule has 92 valence electrons. The minimum absolute atomic E-state index is 0.0607. The SMILES string of the molecule is COC(=O)C(c1cc(C)c(I)c(C)c1)C1CC1. The summed E-state index contributed by atoms with van der Waals surface area (Å²) in [6.07, 6.45) is 2.29. The average Bonchev–Trinajstić information content (AvgIpc) is 3.10. The fourth-order valence-electron chi connectivity index (χ4n) is 2.32. The summed E-state index contributed by atoms with van der Waals surface area (Å²) in [5.74, 6) is 0.336. The highest BCUT2D eigenvalue weighted by molar-refractivity contribution is 14.1. The Morgan fingerprint density at radius 2 is 1.88 bits per heavy atom. The van der Waals surface area contributed by atoms with E-state index in [9.17, 15) is 4.79 Å². The Bertz CT molecular complexity index is 427. The Kier molecular flexibility index (Phi) is 3.76. The number of ether oxygens (including phenoxy) is 1. The van der Waals surface area contributed by atoms with Gasteiger partial charge in [0, 0.05) is 3.57 Å². The molecule has 1 fully saturated rings. The third-order valence-electron chi connectivity index (χ3n) is 3.37. The third kappa shape index (κ3) is 2.64. The topological polar surface area (TPSA) is 26.3 Å². The minimum Gasteiger partial charge on any atom is -0.469 e. The zero-order chi connectivity index (χ0) is 12.6. The molecule has 2 nitrogen and oxygen atoms in total. The minimum atomic E-state index is -0.0903. The van der Waals surface area contributed by atoms with E-state index in [4.69, 9.17) is 4.74 Å². The Balaban J connectivity index is 2.39. The van der Waals surface area contributed by atoms with Crippen LogP contribution in [0.1, 0.15) is 35.4 Å². The van der Waals surface area contributed by atoms with E-state index in [-0.39, 0.29) is 11.9 Å². The maximum atomic E-state index is 11.9. The Labute approximate surface area is 116 Å². The molecule has 1 aliphatic carbocycles. The monoisotopic (exact) mass is 344 g/mol. The number of hydrogen-bond acceptors (Lipinski definition) is 2. The van der Waals surface area contributed by atoms with E-state index in [1.54, 1.807) is 0 Å². The summed E-state index contributed by atoms with van der Waals surface area (Å²) in [6.45, 7) is 4.19. The number of methoxy groups -OCH3 is 1. The molecule has 0 spiro atoms. The lowest BCUT2D eigenvalue weighted by molar-refractivity contribution is -0.143. The van der Waals surface area contributed by atoms with E-state index in [0.29, 0.717) is 5.92 Å². The molecule has 0 bridgehead atoms. The molecule has 0 N–H and O–H groups in total. The van der Waals surface area contributed by atoms with Gasteiger partial charge in [0.2, 0.25) is 0 Å². The molecule has 0 radical (unpaired) electrons. The normalized spacial score (nSPS) is 16.7. The van der Waals surface area contributed by atoms with Crippen LogP contribution in [0.2, 0.25) is 0 Å². The molecular formula is C14H17IO2. The molecule has 17 heavy (non-hydrogen) atoms. The zero-order valence-electron chi connectivity index (χ0n) is 10.4. The van der Waals surface area contributed by atoms with E-state index in [0.717, 1.165) is 18.4 Å². The van der Waals surface area contributed by atoms with Crippen LogP contribution in [0.4, 0.5) is 0 Å². The number of carbonyl (C=O) groups is 1. The van der Waals surface area contributed by atoms with Crippen LogP contribution in [0.25, 0.3) is 0 Å². The van der Waals surface area contributed by atoms with E-state index < -0.39 is 0 Å². The Morgan fingerprint density at radius 3 is 2.29 bits per heavy atom. The predicted octanol–water partition coefficient (Wildman–Crippen LogP) is 3.57. The third-order valence-corrected chi connectivity index (χ3v) is 5.07. The molecule has 1 atom stereocenters. The van der Waals surface area contributed by atoms with E-state index in [1.807, 2.05) is 0 Å². The van der Waals surface area contributed by atoms with E-state index in [1.165, 1.54) is 21.8 Å². The van der Waals surface area contributed by atoms with E-state index >= 15 is 0 Å². The summed E-state index contributed by atoms with van der Waals surface area (Å²) in [5.41, 5.74) is 3.61. The van der Waals surface area contributed by atoms with Crippen LogP contribution in [-0.4, -0.2) is 13.1 Å². The van der Waals surface area contributed by atoms with Crippen LogP contribution in [0.15, 0.2) is 12.1 Å². The Morgan fingerprint density at radius 1 is 1.35 bits per heavy atom. The van der Waals surface area contributed by atoms with Crippen molar-refractivity contribution in [2.45, 2.75) is 32.6 Å². The summed E-state index contributed by atoms with van der Waals surface area (Å²) in [6, 6.07) is 4.27. The lowest BCUT2D eigenvalue weighted by Gasteiger charge is -2.16. The molecule has 0 aromatic heterocycles. The van der Waals surface area contributed by atoms with Crippen LogP contribution >= 0.6 is 22.6 Å². The second-order valence-electron chi connectivity index (χ2n) is 4.81. The zero-order valence-corrected chi connectivity index (χ0v) is 12.6. The lowest BCUT2D eigenvalue weighted by atomic mass is 9.91. The fourth-order valence-corrected chi connectivity index (χ4v) is 2.63. The highest BCUT2D eigenvalue weighted by atomic mass is 127. The van der Waals surface area contributed by atoms with Gasteiger partial charge in [-0.25, -0.2) is 0 Å². The Hall–Kier alpha value is -0.580. The number of halogens is 1. The van der Waals surface area contributed by atoms with Gasteiger partial charge in [0.1, 0.15) is 0 Å². The maximum Gasteiger partial charge on any atom is 0.313 e. The number of carbonyl (C=O) groups excluding carboxylic acids is 1. The molecule has 0 aliphatic heterocycles. The van der Waals surface area contributed by atoms with Crippen molar-refractivity contribution < 1.29 is 9.53 Å². The van der Waals surface area contributed by atoms with Gasteiger partial charge in [-0.2, -0.15) is 0 Å². The maximum absolute atomic E-state index is 11.9. The molecule has 0 saturated heterocycles. The highest BCUT2D eigenvalue weighted by Gasteiger charge is 2.38. The number of hydrogen-bond donors (Lipinski definition) is 0. The quantitative estimate of drug-likeness (QED) is 0.619. The van der Waals surface area contributed by atoms with Crippen LogP contribution in [0.3, 0.4) is 0 Å². The molecule has 1 saturated carbocycles. The first-order valence-corrected chi connectivity index (χ1v) is 6.97. The highest BCUT2D eigenvalue weighted by Crippen LogP contribution is 2.43. The molecule has 3 heteroatoms. The smallest absolute Gasteiger partial charge is 0.313 e. The largest absolute Gasteiger partial charge is 0.469 e. The molecular weight excluding hydrogens is 327 g/mol. The van der Waals surface area contributed by atoms with Crippen molar-refractivity contribution in [3.05, 3.63) is 32.4 Å². The number of aryl methyl sites for hydroxylation is 2. The van der Waals surface area contributed by atoms with Gasteiger partial charge in [0.25, 0.3) is 0 Å². The standard InChI is InChI=1S/C14H17IO2/c1-8-6-11(7-9(2)13(8)15)12(10-4-5-10)14(16)17-3/h6-7,10,12H,4-5H2,1-3H3. The first-order valence-electron chi connectivity index (χ1n) is 5.89. The van der Waals surface area contributed by atoms with Gasteiger partial charge in [0.15, 0.2) is 0 Å². The number of rotatable bonds is 3. The van der Waals surface area contributed by atoms with Crippen molar-refractivity contribution in [1.82, 2.24) is 0 Å². The molecule has 1 unspecified atom stereocenters. The average molecular weight is 344 g/mol. The van der Waals surface area contributed by atoms with Crippen molar-refractivity contribution in [1.29, 1.82) is 0 Å². The summed E-state index contributed by atoms with van der Waals surface area (Å²) in [4.78, 5) is 11.9. The van der Waals surface area contributed by atoms with Gasteiger partial charge in [-0.3, -0.25) is 4.79 Å². The fraction of sp³-hybridized carbons (Fsp3) is 0.500. The summed E-state index contributed by atoms with van der Waals surface area (Å²) in [5, 5.41) is 0. The molecule has 0 heterocycles. The second kappa shape index (κ2) is 4.96.